The molecule has 36 heavy (non-hydrogen) atoms. The third-order valence-electron chi connectivity index (χ3n) is 4.89. The lowest BCUT2D eigenvalue weighted by molar-refractivity contribution is 0.0637. The van der Waals surface area contributed by atoms with E-state index in [9.17, 15) is 18.0 Å². The molecule has 0 aliphatic carbocycles. The number of ether oxygens (including phenoxy) is 2. The Morgan fingerprint density at radius 3 is 2.53 bits per heavy atom. The van der Waals surface area contributed by atoms with Gasteiger partial charge in [-0.2, -0.15) is 0 Å². The van der Waals surface area contributed by atoms with Crippen molar-refractivity contribution in [3.8, 4) is 5.75 Å². The van der Waals surface area contributed by atoms with Gasteiger partial charge in [0, 0.05) is 32.3 Å². The van der Waals surface area contributed by atoms with Crippen molar-refractivity contribution in [1.82, 2.24) is 9.97 Å². The quantitative estimate of drug-likeness (QED) is 0.355. The number of nitrogens with one attached hydrogen (secondary N) is 2. The maximum Gasteiger partial charge on any atom is 0.277 e. The molecule has 11 nitrogen and oxygen atoms in total. The van der Waals surface area contributed by atoms with E-state index in [0.717, 1.165) is 6.26 Å². The Morgan fingerprint density at radius 2 is 1.89 bits per heavy atom. The molecule has 2 amide bonds. The first-order chi connectivity index (χ1) is 17.1. The molecule has 0 saturated carbocycles. The Bertz CT molecular complexity index is 1350. The molecule has 3 rings (SSSR count). The van der Waals surface area contributed by atoms with Crippen molar-refractivity contribution in [2.45, 2.75) is 11.0 Å². The summed E-state index contributed by atoms with van der Waals surface area (Å²) in [4.78, 5) is 34.0. The molecule has 1 unspecified atom stereocenters. The van der Waals surface area contributed by atoms with E-state index in [4.69, 9.17) is 26.8 Å². The van der Waals surface area contributed by atoms with Crippen LogP contribution in [-0.2, 0) is 14.6 Å². The SMILES string of the molecule is COC(CN)COc1cc(S(C)(=O)=O)ccc1C(=O)Nc1cccnc1C(=O)Nc1ccc(Cl)cn1. The number of hydrogen-bond acceptors (Lipinski definition) is 9. The van der Waals surface area contributed by atoms with E-state index in [0.29, 0.717) is 5.02 Å². The number of halogens is 1. The Hall–Kier alpha value is -3.58. The minimum absolute atomic E-state index is 0.00572. The average Bonchev–Trinajstić information content (AvgIpc) is 2.85. The molecule has 0 spiro atoms. The van der Waals surface area contributed by atoms with E-state index < -0.39 is 27.8 Å². The lowest BCUT2D eigenvalue weighted by Crippen LogP contribution is -2.29. The molecule has 0 aliphatic rings. The van der Waals surface area contributed by atoms with Crippen molar-refractivity contribution in [1.29, 1.82) is 0 Å². The van der Waals surface area contributed by atoms with E-state index in [1.807, 2.05) is 0 Å². The Balaban J connectivity index is 1.88. The van der Waals surface area contributed by atoms with Gasteiger partial charge in [-0.15, -0.1) is 0 Å². The van der Waals surface area contributed by atoms with Crippen molar-refractivity contribution in [3.63, 3.8) is 0 Å². The van der Waals surface area contributed by atoms with Gasteiger partial charge in [0.25, 0.3) is 11.8 Å². The summed E-state index contributed by atoms with van der Waals surface area (Å²) in [5, 5.41) is 5.61. The lowest BCUT2D eigenvalue weighted by atomic mass is 10.1. The summed E-state index contributed by atoms with van der Waals surface area (Å²) in [5.41, 5.74) is 5.70. The Morgan fingerprint density at radius 1 is 1.11 bits per heavy atom. The van der Waals surface area contributed by atoms with Crippen LogP contribution in [0.25, 0.3) is 0 Å². The van der Waals surface area contributed by atoms with E-state index >= 15 is 0 Å². The highest BCUT2D eigenvalue weighted by Crippen LogP contribution is 2.26. The van der Waals surface area contributed by atoms with E-state index in [2.05, 4.69) is 20.6 Å². The van der Waals surface area contributed by atoms with Gasteiger partial charge in [-0.05, 0) is 42.5 Å². The summed E-state index contributed by atoms with van der Waals surface area (Å²) in [5.74, 6) is -1.02. The highest BCUT2D eigenvalue weighted by Gasteiger charge is 2.21. The fourth-order valence-electron chi connectivity index (χ4n) is 2.96. The predicted molar refractivity (Wildman–Crippen MR) is 134 cm³/mol. The largest absolute Gasteiger partial charge is 0.490 e. The smallest absolute Gasteiger partial charge is 0.277 e. The molecule has 0 aliphatic heterocycles. The first-order valence-electron chi connectivity index (χ1n) is 10.5. The van der Waals surface area contributed by atoms with Crippen molar-refractivity contribution in [2.24, 2.45) is 5.73 Å². The first kappa shape index (κ1) is 27.0. The van der Waals surface area contributed by atoms with E-state index in [1.165, 1.54) is 49.8 Å². The molecule has 4 N–H and O–H groups in total. The monoisotopic (exact) mass is 533 g/mol. The van der Waals surface area contributed by atoms with Crippen LogP contribution in [0.2, 0.25) is 5.02 Å². The molecule has 0 bridgehead atoms. The van der Waals surface area contributed by atoms with Crippen LogP contribution in [0.4, 0.5) is 11.5 Å². The van der Waals surface area contributed by atoms with Gasteiger partial charge in [-0.25, -0.2) is 18.4 Å². The van der Waals surface area contributed by atoms with Gasteiger partial charge >= 0.3 is 0 Å². The van der Waals surface area contributed by atoms with Gasteiger partial charge in [-0.1, -0.05) is 11.6 Å². The summed E-state index contributed by atoms with van der Waals surface area (Å²) in [6, 6.07) is 9.97. The number of hydrogen-bond donors (Lipinski definition) is 3. The zero-order valence-corrected chi connectivity index (χ0v) is 21.0. The number of carbonyl (C=O) groups excluding carboxylic acids is 2. The van der Waals surface area contributed by atoms with Crippen LogP contribution in [0.15, 0.2) is 59.8 Å². The number of aromatic nitrogens is 2. The summed E-state index contributed by atoms with van der Waals surface area (Å²) in [6.07, 6.45) is 3.34. The van der Waals surface area contributed by atoms with Crippen LogP contribution < -0.4 is 21.1 Å². The molecule has 13 heteroatoms. The van der Waals surface area contributed by atoms with Gasteiger partial charge in [0.15, 0.2) is 15.5 Å². The number of pyridine rings is 2. The number of benzene rings is 1. The second-order valence-electron chi connectivity index (χ2n) is 7.50. The molecule has 2 aromatic heterocycles. The van der Waals surface area contributed by atoms with Gasteiger partial charge < -0.3 is 25.8 Å². The van der Waals surface area contributed by atoms with Gasteiger partial charge in [-0.3, -0.25) is 9.59 Å². The molecular weight excluding hydrogens is 510 g/mol. The number of anilines is 2. The van der Waals surface area contributed by atoms with Crippen LogP contribution in [0.1, 0.15) is 20.8 Å². The number of sulfone groups is 1. The zero-order valence-electron chi connectivity index (χ0n) is 19.4. The molecular formula is C23H24ClN5O6S. The average molecular weight is 534 g/mol. The zero-order chi connectivity index (χ0) is 26.3. The van der Waals surface area contributed by atoms with Crippen molar-refractivity contribution in [3.05, 3.63) is 71.1 Å². The van der Waals surface area contributed by atoms with E-state index in [-0.39, 0.29) is 46.6 Å². The fraction of sp³-hybridized carbons (Fsp3) is 0.217. The molecule has 0 saturated heterocycles. The first-order valence-corrected chi connectivity index (χ1v) is 12.8. The Labute approximate surface area is 212 Å². The number of rotatable bonds is 10. The topological polar surface area (TPSA) is 163 Å². The molecule has 0 radical (unpaired) electrons. The van der Waals surface area contributed by atoms with Crippen LogP contribution in [-0.4, -0.2) is 62.8 Å². The predicted octanol–water partition coefficient (Wildman–Crippen LogP) is 2.39. The highest BCUT2D eigenvalue weighted by molar-refractivity contribution is 7.90. The molecule has 3 aromatic rings. The normalized spacial score (nSPS) is 12.0. The standard InChI is InChI=1S/C23H24ClN5O6S/c1-34-15(11-25)13-35-19-10-16(36(2,32)33)6-7-17(19)22(30)28-18-4-3-9-26-21(18)23(31)29-20-8-5-14(24)12-27-20/h3-10,12,15H,11,13,25H2,1-2H3,(H,28,30)(H,27,29,31). The summed E-state index contributed by atoms with van der Waals surface area (Å²) < 4.78 is 34.9. The summed E-state index contributed by atoms with van der Waals surface area (Å²) >= 11 is 5.82. The van der Waals surface area contributed by atoms with Crippen LogP contribution in [0.3, 0.4) is 0 Å². The molecule has 1 aromatic carbocycles. The second kappa shape index (κ2) is 11.9. The van der Waals surface area contributed by atoms with Crippen LogP contribution in [0.5, 0.6) is 5.75 Å². The molecule has 190 valence electrons. The lowest BCUT2D eigenvalue weighted by Gasteiger charge is -2.17. The molecule has 2 heterocycles. The highest BCUT2D eigenvalue weighted by atomic mass is 35.5. The second-order valence-corrected chi connectivity index (χ2v) is 9.96. The maximum atomic E-state index is 13.2. The number of amides is 2. The fourth-order valence-corrected chi connectivity index (χ4v) is 3.71. The van der Waals surface area contributed by atoms with Gasteiger partial charge in [0.2, 0.25) is 0 Å². The van der Waals surface area contributed by atoms with Crippen molar-refractivity contribution < 1.29 is 27.5 Å². The molecule has 1 atom stereocenters. The van der Waals surface area contributed by atoms with Crippen molar-refractivity contribution >= 4 is 44.8 Å². The van der Waals surface area contributed by atoms with Crippen LogP contribution >= 0.6 is 11.6 Å². The van der Waals surface area contributed by atoms with E-state index in [1.54, 1.807) is 12.1 Å². The third kappa shape index (κ3) is 6.98. The number of nitrogens with zero attached hydrogens (tertiary/aromatic N) is 2. The number of carbonyl (C=O) groups is 2. The minimum Gasteiger partial charge on any atom is -0.490 e. The Kier molecular flexibility index (Phi) is 8.93. The minimum atomic E-state index is -3.57. The third-order valence-corrected chi connectivity index (χ3v) is 6.22. The number of methoxy groups -OCH3 is 1. The van der Waals surface area contributed by atoms with Gasteiger partial charge in [0.05, 0.1) is 21.2 Å². The number of nitrogens with two attached hydrogens (primary N) is 1. The van der Waals surface area contributed by atoms with Crippen LogP contribution in [0, 0.1) is 0 Å². The van der Waals surface area contributed by atoms with Gasteiger partial charge in [0.1, 0.15) is 24.3 Å². The maximum absolute atomic E-state index is 13.2. The summed E-state index contributed by atoms with van der Waals surface area (Å²) in [6.45, 7) is 0.134. The molecule has 0 fully saturated rings. The summed E-state index contributed by atoms with van der Waals surface area (Å²) in [7, 11) is -2.12. The van der Waals surface area contributed by atoms with Crippen molar-refractivity contribution in [2.75, 3.05) is 37.2 Å².